The van der Waals surface area contributed by atoms with Crippen molar-refractivity contribution in [1.82, 2.24) is 5.32 Å². The summed E-state index contributed by atoms with van der Waals surface area (Å²) in [5, 5.41) is 8.36. The van der Waals surface area contributed by atoms with Crippen LogP contribution < -0.4 is 20.7 Å². The number of hydrogen-bond acceptors (Lipinski definition) is 3. The highest BCUT2D eigenvalue weighted by molar-refractivity contribution is 5.93. The molecule has 6 nitrogen and oxygen atoms in total. The van der Waals surface area contributed by atoms with Gasteiger partial charge in [-0.25, -0.2) is 4.79 Å². The van der Waals surface area contributed by atoms with E-state index in [1.165, 1.54) is 0 Å². The molecule has 0 unspecified atom stereocenters. The first-order valence-electron chi connectivity index (χ1n) is 8.25. The molecule has 0 aromatic heterocycles. The van der Waals surface area contributed by atoms with Crippen molar-refractivity contribution in [3.63, 3.8) is 0 Å². The fourth-order valence-corrected chi connectivity index (χ4v) is 2.27. The maximum Gasteiger partial charge on any atom is 0.319 e. The van der Waals surface area contributed by atoms with Gasteiger partial charge in [0.15, 0.2) is 6.61 Å². The van der Waals surface area contributed by atoms with E-state index in [2.05, 4.69) is 16.0 Å². The van der Waals surface area contributed by atoms with Gasteiger partial charge in [0, 0.05) is 17.4 Å². The van der Waals surface area contributed by atoms with E-state index in [4.69, 9.17) is 4.74 Å². The van der Waals surface area contributed by atoms with Crippen LogP contribution in [0.2, 0.25) is 0 Å². The molecular weight excluding hydrogens is 318 g/mol. The van der Waals surface area contributed by atoms with E-state index in [-0.39, 0.29) is 18.5 Å². The molecule has 0 atom stereocenters. The molecule has 3 N–H and O–H groups in total. The molecule has 0 heterocycles. The van der Waals surface area contributed by atoms with Crippen LogP contribution in [0.4, 0.5) is 16.2 Å². The molecule has 1 saturated carbocycles. The van der Waals surface area contributed by atoms with Crippen molar-refractivity contribution >= 4 is 23.3 Å². The second-order valence-corrected chi connectivity index (χ2v) is 6.10. The van der Waals surface area contributed by atoms with Crippen LogP contribution in [0.3, 0.4) is 0 Å². The molecule has 0 radical (unpaired) electrons. The number of aryl methyl sites for hydroxylation is 1. The number of benzene rings is 2. The first kappa shape index (κ1) is 16.8. The van der Waals surface area contributed by atoms with Crippen LogP contribution in [-0.2, 0) is 4.79 Å². The lowest BCUT2D eigenvalue weighted by molar-refractivity contribution is -0.118. The van der Waals surface area contributed by atoms with Gasteiger partial charge in [-0.05, 0) is 61.7 Å². The molecule has 0 saturated heterocycles. The van der Waals surface area contributed by atoms with E-state index in [9.17, 15) is 9.59 Å². The van der Waals surface area contributed by atoms with Crippen LogP contribution in [0.1, 0.15) is 18.4 Å². The van der Waals surface area contributed by atoms with E-state index in [1.807, 2.05) is 31.2 Å². The Labute approximate surface area is 146 Å². The maximum atomic E-state index is 11.9. The van der Waals surface area contributed by atoms with E-state index >= 15 is 0 Å². The average Bonchev–Trinajstić information content (AvgIpc) is 3.39. The Morgan fingerprint density at radius 1 is 1.04 bits per heavy atom. The number of nitrogens with one attached hydrogen (secondary N) is 3. The third kappa shape index (κ3) is 5.53. The SMILES string of the molecule is Cc1cccc(OCC(=O)Nc2ccc(NC(=O)NC3CC3)cc2)c1. The van der Waals surface area contributed by atoms with Gasteiger partial charge in [0.1, 0.15) is 5.75 Å². The van der Waals surface area contributed by atoms with Crippen LogP contribution >= 0.6 is 0 Å². The van der Waals surface area contributed by atoms with Crippen molar-refractivity contribution in [3.05, 3.63) is 54.1 Å². The Morgan fingerprint density at radius 3 is 2.36 bits per heavy atom. The van der Waals surface area contributed by atoms with E-state index in [1.54, 1.807) is 24.3 Å². The predicted molar refractivity (Wildman–Crippen MR) is 96.9 cm³/mol. The van der Waals surface area contributed by atoms with Gasteiger partial charge in [-0.1, -0.05) is 12.1 Å². The quantitative estimate of drug-likeness (QED) is 0.755. The van der Waals surface area contributed by atoms with Gasteiger partial charge in [0.25, 0.3) is 5.91 Å². The van der Waals surface area contributed by atoms with Crippen molar-refractivity contribution in [1.29, 1.82) is 0 Å². The molecule has 0 spiro atoms. The Kier molecular flexibility index (Phi) is 5.18. The molecule has 0 aliphatic heterocycles. The molecule has 130 valence electrons. The number of hydrogen-bond donors (Lipinski definition) is 3. The normalized spacial score (nSPS) is 13.0. The van der Waals surface area contributed by atoms with E-state index < -0.39 is 0 Å². The van der Waals surface area contributed by atoms with Crippen molar-refractivity contribution < 1.29 is 14.3 Å². The van der Waals surface area contributed by atoms with Gasteiger partial charge >= 0.3 is 6.03 Å². The van der Waals surface area contributed by atoms with Crippen molar-refractivity contribution in [2.45, 2.75) is 25.8 Å². The number of ether oxygens (including phenoxy) is 1. The minimum Gasteiger partial charge on any atom is -0.484 e. The molecule has 1 fully saturated rings. The van der Waals surface area contributed by atoms with E-state index in [0.717, 1.165) is 18.4 Å². The highest BCUT2D eigenvalue weighted by Gasteiger charge is 2.23. The first-order chi connectivity index (χ1) is 12.1. The lowest BCUT2D eigenvalue weighted by atomic mass is 10.2. The topological polar surface area (TPSA) is 79.5 Å². The molecule has 3 amide bonds. The summed E-state index contributed by atoms with van der Waals surface area (Å²) in [7, 11) is 0. The number of amides is 3. The standard InChI is InChI=1S/C19H21N3O3/c1-13-3-2-4-17(11-13)25-12-18(23)20-14-5-7-15(8-6-14)21-19(24)22-16-9-10-16/h2-8,11,16H,9-10,12H2,1H3,(H,20,23)(H2,21,22,24). The van der Waals surface area contributed by atoms with Gasteiger partial charge < -0.3 is 20.7 Å². The summed E-state index contributed by atoms with van der Waals surface area (Å²) in [6.45, 7) is 1.90. The van der Waals surface area contributed by atoms with Gasteiger partial charge in [-0.2, -0.15) is 0 Å². The van der Waals surface area contributed by atoms with Crippen LogP contribution in [0.25, 0.3) is 0 Å². The molecule has 3 rings (SSSR count). The number of carbonyl (C=O) groups excluding carboxylic acids is 2. The summed E-state index contributed by atoms with van der Waals surface area (Å²) in [5.74, 6) is 0.421. The molecule has 0 bridgehead atoms. The molecule has 25 heavy (non-hydrogen) atoms. The second-order valence-electron chi connectivity index (χ2n) is 6.10. The summed E-state index contributed by atoms with van der Waals surface area (Å²) in [4.78, 5) is 23.6. The smallest absolute Gasteiger partial charge is 0.319 e. The number of anilines is 2. The molecule has 1 aliphatic rings. The Hall–Kier alpha value is -3.02. The summed E-state index contributed by atoms with van der Waals surface area (Å²) in [6.07, 6.45) is 2.09. The zero-order chi connectivity index (χ0) is 17.6. The minimum atomic E-state index is -0.242. The second kappa shape index (κ2) is 7.70. The van der Waals surface area contributed by atoms with Crippen LogP contribution in [0, 0.1) is 6.92 Å². The first-order valence-corrected chi connectivity index (χ1v) is 8.25. The highest BCUT2D eigenvalue weighted by Crippen LogP contribution is 2.19. The third-order valence-corrected chi connectivity index (χ3v) is 3.70. The zero-order valence-electron chi connectivity index (χ0n) is 14.0. The fourth-order valence-electron chi connectivity index (χ4n) is 2.27. The Morgan fingerprint density at radius 2 is 1.72 bits per heavy atom. The third-order valence-electron chi connectivity index (χ3n) is 3.70. The summed E-state index contributed by atoms with van der Waals surface area (Å²) >= 11 is 0. The number of urea groups is 1. The lowest BCUT2D eigenvalue weighted by Gasteiger charge is -2.09. The minimum absolute atomic E-state index is 0.0623. The zero-order valence-corrected chi connectivity index (χ0v) is 14.0. The summed E-state index contributed by atoms with van der Waals surface area (Å²) < 4.78 is 5.46. The Bertz CT molecular complexity index is 755. The molecule has 6 heteroatoms. The number of rotatable bonds is 6. The average molecular weight is 339 g/mol. The van der Waals surface area contributed by atoms with Gasteiger partial charge in [0.05, 0.1) is 0 Å². The van der Waals surface area contributed by atoms with Gasteiger partial charge in [-0.15, -0.1) is 0 Å². The molecule has 1 aliphatic carbocycles. The summed E-state index contributed by atoms with van der Waals surface area (Å²) in [5.41, 5.74) is 2.39. The lowest BCUT2D eigenvalue weighted by Crippen LogP contribution is -2.30. The van der Waals surface area contributed by atoms with Crippen molar-refractivity contribution in [3.8, 4) is 5.75 Å². The van der Waals surface area contributed by atoms with Gasteiger partial charge in [0.2, 0.25) is 0 Å². The van der Waals surface area contributed by atoms with Crippen molar-refractivity contribution in [2.24, 2.45) is 0 Å². The van der Waals surface area contributed by atoms with Crippen LogP contribution in [0.15, 0.2) is 48.5 Å². The molecule has 2 aromatic carbocycles. The fraction of sp³-hybridized carbons (Fsp3) is 0.263. The highest BCUT2D eigenvalue weighted by atomic mass is 16.5. The molecular formula is C19H21N3O3. The predicted octanol–water partition coefficient (Wildman–Crippen LogP) is 3.30. The Balaban J connectivity index is 1.45. The maximum absolute atomic E-state index is 11.9. The largest absolute Gasteiger partial charge is 0.484 e. The monoisotopic (exact) mass is 339 g/mol. The number of carbonyl (C=O) groups is 2. The van der Waals surface area contributed by atoms with Crippen LogP contribution in [-0.4, -0.2) is 24.6 Å². The van der Waals surface area contributed by atoms with Crippen molar-refractivity contribution in [2.75, 3.05) is 17.2 Å². The molecule has 2 aromatic rings. The van der Waals surface area contributed by atoms with E-state index in [0.29, 0.717) is 23.2 Å². The summed E-state index contributed by atoms with van der Waals surface area (Å²) in [6, 6.07) is 14.6. The van der Waals surface area contributed by atoms with Crippen LogP contribution in [0.5, 0.6) is 5.75 Å². The van der Waals surface area contributed by atoms with Gasteiger partial charge in [-0.3, -0.25) is 4.79 Å².